The molecular formula is C32H36FN7O2S. The zero-order chi connectivity index (χ0) is 30.1. The molecule has 11 heteroatoms. The van der Waals surface area contributed by atoms with Crippen LogP contribution < -0.4 is 15.4 Å². The molecule has 43 heavy (non-hydrogen) atoms. The number of aromatic nitrogens is 2. The van der Waals surface area contributed by atoms with Crippen LogP contribution in [0.5, 0.6) is 5.75 Å². The van der Waals surface area contributed by atoms with E-state index in [0.717, 1.165) is 58.2 Å². The van der Waals surface area contributed by atoms with Gasteiger partial charge in [0, 0.05) is 47.5 Å². The van der Waals surface area contributed by atoms with Gasteiger partial charge in [0.05, 0.1) is 12.5 Å². The summed E-state index contributed by atoms with van der Waals surface area (Å²) in [7, 11) is 6.00. The Balaban J connectivity index is 1.19. The first-order valence-corrected chi connectivity index (χ1v) is 15.2. The summed E-state index contributed by atoms with van der Waals surface area (Å²) in [5, 5.41) is 12.3. The van der Waals surface area contributed by atoms with Crippen molar-refractivity contribution in [3.8, 4) is 16.2 Å². The first-order valence-electron chi connectivity index (χ1n) is 14.4. The van der Waals surface area contributed by atoms with E-state index in [1.807, 2.05) is 68.4 Å². The third-order valence-corrected chi connectivity index (χ3v) is 9.00. The maximum atomic E-state index is 13.5. The van der Waals surface area contributed by atoms with Gasteiger partial charge in [0.25, 0.3) is 0 Å². The second kappa shape index (κ2) is 12.2. The zero-order valence-electron chi connectivity index (χ0n) is 24.9. The highest BCUT2D eigenvalue weighted by Crippen LogP contribution is 2.50. The van der Waals surface area contributed by atoms with Crippen molar-refractivity contribution in [1.82, 2.24) is 24.9 Å². The largest absolute Gasteiger partial charge is 0.489 e. The topological polar surface area (TPSA) is 87.0 Å². The summed E-state index contributed by atoms with van der Waals surface area (Å²) in [5.74, 6) is 0.467. The molecule has 0 spiro atoms. The fraction of sp³-hybridized carbons (Fsp3) is 0.344. The second-order valence-corrected chi connectivity index (χ2v) is 12.3. The normalized spacial score (nSPS) is 15.2. The lowest BCUT2D eigenvalue weighted by Crippen LogP contribution is -2.34. The Bertz CT molecular complexity index is 1680. The number of aliphatic imine (C=N–C) groups is 1. The molecule has 6 rings (SSSR count). The molecule has 1 atom stereocenters. The molecule has 224 valence electrons. The van der Waals surface area contributed by atoms with Crippen molar-refractivity contribution >= 4 is 34.3 Å². The lowest BCUT2D eigenvalue weighted by Gasteiger charge is -2.32. The highest BCUT2D eigenvalue weighted by atomic mass is 32.1. The van der Waals surface area contributed by atoms with Gasteiger partial charge in [-0.15, -0.1) is 11.3 Å². The van der Waals surface area contributed by atoms with E-state index < -0.39 is 0 Å². The fourth-order valence-electron chi connectivity index (χ4n) is 5.60. The zero-order valence-corrected chi connectivity index (χ0v) is 25.7. The van der Waals surface area contributed by atoms with Crippen molar-refractivity contribution in [3.05, 3.63) is 82.4 Å². The van der Waals surface area contributed by atoms with Crippen molar-refractivity contribution in [3.63, 3.8) is 0 Å². The molecule has 0 fully saturated rings. The van der Waals surface area contributed by atoms with Crippen LogP contribution in [0.25, 0.3) is 10.4 Å². The van der Waals surface area contributed by atoms with Gasteiger partial charge in [-0.05, 0) is 80.9 Å². The van der Waals surface area contributed by atoms with Gasteiger partial charge in [0.1, 0.15) is 35.9 Å². The Morgan fingerprint density at radius 2 is 2.07 bits per heavy atom. The number of halogens is 1. The molecule has 0 saturated carbocycles. The summed E-state index contributed by atoms with van der Waals surface area (Å²) in [6.45, 7) is 3.94. The Kier molecular flexibility index (Phi) is 8.18. The van der Waals surface area contributed by atoms with Gasteiger partial charge < -0.3 is 25.2 Å². The van der Waals surface area contributed by atoms with E-state index in [0.29, 0.717) is 13.2 Å². The molecule has 0 radical (unpaired) electrons. The van der Waals surface area contributed by atoms with Gasteiger partial charge in [-0.2, -0.15) is 5.10 Å². The molecule has 1 amide bonds. The SMILES string of the molecule is Cc1cc(NC2c3c(sc4c3CCc3c-4cnn3CC(=O)NCCN(C)C)N=CN2C)ccc1OCc1cccc(F)c1. The van der Waals surface area contributed by atoms with Crippen LogP contribution in [0.1, 0.15) is 34.1 Å². The molecular weight excluding hydrogens is 565 g/mol. The molecule has 1 aliphatic heterocycles. The molecule has 2 N–H and O–H groups in total. The molecule has 1 aliphatic carbocycles. The van der Waals surface area contributed by atoms with Crippen LogP contribution in [0, 0.1) is 12.7 Å². The van der Waals surface area contributed by atoms with Gasteiger partial charge in [0.15, 0.2) is 0 Å². The average molecular weight is 602 g/mol. The number of amides is 1. The monoisotopic (exact) mass is 601 g/mol. The van der Waals surface area contributed by atoms with Crippen molar-refractivity contribution in [2.24, 2.45) is 4.99 Å². The molecule has 0 bridgehead atoms. The number of carbonyl (C=O) groups is 1. The summed E-state index contributed by atoms with van der Waals surface area (Å²) >= 11 is 1.69. The number of hydrogen-bond acceptors (Lipinski definition) is 8. The maximum absolute atomic E-state index is 13.5. The summed E-state index contributed by atoms with van der Waals surface area (Å²) in [4.78, 5) is 22.6. The molecule has 4 aromatic rings. The van der Waals surface area contributed by atoms with E-state index in [9.17, 15) is 9.18 Å². The lowest BCUT2D eigenvalue weighted by molar-refractivity contribution is -0.121. The molecule has 1 unspecified atom stereocenters. The van der Waals surface area contributed by atoms with Gasteiger partial charge in [-0.1, -0.05) is 12.1 Å². The first kappa shape index (κ1) is 28.9. The molecule has 2 aromatic carbocycles. The lowest BCUT2D eigenvalue weighted by atomic mass is 9.92. The fourth-order valence-corrected chi connectivity index (χ4v) is 6.85. The number of carbonyl (C=O) groups excluding carboxylic acids is 1. The molecule has 2 aromatic heterocycles. The highest BCUT2D eigenvalue weighted by molar-refractivity contribution is 7.19. The Morgan fingerprint density at radius 1 is 1.21 bits per heavy atom. The van der Waals surface area contributed by atoms with Crippen LogP contribution >= 0.6 is 11.3 Å². The van der Waals surface area contributed by atoms with Crippen LogP contribution in [0.2, 0.25) is 0 Å². The smallest absolute Gasteiger partial charge is 0.241 e. The number of fused-ring (bicyclic) bond motifs is 5. The maximum Gasteiger partial charge on any atom is 0.241 e. The van der Waals surface area contributed by atoms with Crippen LogP contribution in [0.3, 0.4) is 0 Å². The van der Waals surface area contributed by atoms with Crippen LogP contribution in [-0.4, -0.2) is 66.1 Å². The number of rotatable bonds is 10. The summed E-state index contributed by atoms with van der Waals surface area (Å²) < 4.78 is 21.4. The summed E-state index contributed by atoms with van der Waals surface area (Å²) in [5.41, 5.74) is 7.41. The number of aryl methyl sites for hydroxylation is 1. The molecule has 0 saturated heterocycles. The number of anilines is 1. The van der Waals surface area contributed by atoms with Crippen molar-refractivity contribution in [2.45, 2.75) is 39.1 Å². The number of ether oxygens (including phenoxy) is 1. The summed E-state index contributed by atoms with van der Waals surface area (Å²) in [6.07, 6.45) is 5.34. The van der Waals surface area contributed by atoms with Crippen LogP contribution in [0.4, 0.5) is 15.1 Å². The number of likely N-dealkylation sites (N-methyl/N-ethyl adjacent to an activating group) is 1. The number of benzene rings is 2. The van der Waals surface area contributed by atoms with E-state index in [1.165, 1.54) is 28.1 Å². The molecule has 2 aliphatic rings. The molecule has 9 nitrogen and oxygen atoms in total. The first-order chi connectivity index (χ1) is 20.8. The summed E-state index contributed by atoms with van der Waals surface area (Å²) in [6, 6.07) is 12.5. The highest BCUT2D eigenvalue weighted by Gasteiger charge is 2.34. The minimum atomic E-state index is -0.267. The van der Waals surface area contributed by atoms with E-state index >= 15 is 0 Å². The minimum absolute atomic E-state index is 0.0276. The number of nitrogens with zero attached hydrogens (tertiary/aromatic N) is 5. The van der Waals surface area contributed by atoms with Crippen molar-refractivity contribution in [1.29, 1.82) is 0 Å². The Morgan fingerprint density at radius 3 is 2.86 bits per heavy atom. The third-order valence-electron chi connectivity index (χ3n) is 7.81. The van der Waals surface area contributed by atoms with Crippen LogP contribution in [-0.2, 0) is 30.8 Å². The third kappa shape index (κ3) is 6.14. The molecule has 3 heterocycles. The Labute approximate surface area is 255 Å². The van der Waals surface area contributed by atoms with E-state index in [1.54, 1.807) is 17.4 Å². The van der Waals surface area contributed by atoms with Gasteiger partial charge in [0.2, 0.25) is 5.91 Å². The van der Waals surface area contributed by atoms with Crippen LogP contribution in [0.15, 0.2) is 53.7 Å². The average Bonchev–Trinajstić information content (AvgIpc) is 3.55. The van der Waals surface area contributed by atoms with E-state index in [4.69, 9.17) is 9.73 Å². The van der Waals surface area contributed by atoms with Crippen molar-refractivity contribution < 1.29 is 13.9 Å². The predicted molar refractivity (Wildman–Crippen MR) is 169 cm³/mol. The van der Waals surface area contributed by atoms with Gasteiger partial charge in [-0.3, -0.25) is 9.48 Å². The van der Waals surface area contributed by atoms with E-state index in [-0.39, 0.29) is 24.4 Å². The van der Waals surface area contributed by atoms with E-state index in [2.05, 4.69) is 26.7 Å². The van der Waals surface area contributed by atoms with Gasteiger partial charge in [-0.25, -0.2) is 9.38 Å². The number of thiophene rings is 1. The standard InChI is InChI=1S/C32H36FN7O2S/c1-20-14-23(8-11-27(20)42-18-21-6-5-7-22(33)15-21)37-31-29-24-9-10-26-25(30(24)43-32(29)35-19-39(31)4)16-36-40(26)17-28(41)34-12-13-38(2)3/h5-8,11,14-16,19,31,37H,9-10,12-13,17-18H2,1-4H3,(H,34,41). The predicted octanol–water partition coefficient (Wildman–Crippen LogP) is 5.13. The number of nitrogens with one attached hydrogen (secondary N) is 2. The second-order valence-electron chi connectivity index (χ2n) is 11.3. The van der Waals surface area contributed by atoms with Gasteiger partial charge >= 0.3 is 0 Å². The minimum Gasteiger partial charge on any atom is -0.489 e. The Hall–Kier alpha value is -4.22. The van der Waals surface area contributed by atoms with Crippen molar-refractivity contribution in [2.75, 3.05) is 39.5 Å². The quantitative estimate of drug-likeness (QED) is 0.262. The number of hydrogen-bond donors (Lipinski definition) is 2.